The van der Waals surface area contributed by atoms with Crippen LogP contribution in [-0.4, -0.2) is 39.9 Å². The molecule has 1 fully saturated rings. The van der Waals surface area contributed by atoms with Crippen molar-refractivity contribution in [2.45, 2.75) is 19.4 Å². The number of hydrogen-bond donors (Lipinski definition) is 1. The number of benzene rings is 1. The van der Waals surface area contributed by atoms with Crippen LogP contribution in [0.15, 0.2) is 34.7 Å². The van der Waals surface area contributed by atoms with Gasteiger partial charge in [-0.3, -0.25) is 4.79 Å². The van der Waals surface area contributed by atoms with Gasteiger partial charge in [-0.1, -0.05) is 30.7 Å². The van der Waals surface area contributed by atoms with Crippen LogP contribution in [0.4, 0.5) is 0 Å². The van der Waals surface area contributed by atoms with Crippen molar-refractivity contribution in [1.29, 1.82) is 0 Å². The van der Waals surface area contributed by atoms with Crippen LogP contribution in [0.5, 0.6) is 0 Å². The third-order valence-corrected chi connectivity index (χ3v) is 5.49. The van der Waals surface area contributed by atoms with E-state index in [1.54, 1.807) is 23.6 Å². The van der Waals surface area contributed by atoms with Crippen LogP contribution in [0.1, 0.15) is 45.2 Å². The Balaban J connectivity index is 1.91. The molecule has 132 valence electrons. The molecule has 2 heterocycles. The number of thioether (sulfide) groups is 1. The van der Waals surface area contributed by atoms with Crippen LogP contribution in [0.25, 0.3) is 0 Å². The number of amides is 1. The van der Waals surface area contributed by atoms with Gasteiger partial charge in [-0.25, -0.2) is 4.79 Å². The fourth-order valence-electron chi connectivity index (χ4n) is 2.93. The van der Waals surface area contributed by atoms with Gasteiger partial charge in [-0.15, -0.1) is 0 Å². The van der Waals surface area contributed by atoms with Gasteiger partial charge in [0.2, 0.25) is 0 Å². The maximum Gasteiger partial charge on any atom is 0.339 e. The highest BCUT2D eigenvalue weighted by atomic mass is 35.5. The van der Waals surface area contributed by atoms with Gasteiger partial charge >= 0.3 is 5.97 Å². The summed E-state index contributed by atoms with van der Waals surface area (Å²) in [6.07, 6.45) is 0.422. The highest BCUT2D eigenvalue weighted by molar-refractivity contribution is 7.99. The molecule has 7 heteroatoms. The standard InChI is InChI=1S/C18H18ClNO4S/c1-2-15-13(18(22)23)9-16(24-15)17(21)20-7-8-25-10-14(20)11-3-5-12(19)6-4-11/h3-6,9,14H,2,7-8,10H2,1H3,(H,22,23). The Morgan fingerprint density at radius 2 is 2.08 bits per heavy atom. The first-order valence-electron chi connectivity index (χ1n) is 8.01. The number of aryl methyl sites for hydroxylation is 1. The molecule has 1 amide bonds. The van der Waals surface area contributed by atoms with Gasteiger partial charge in [0, 0.05) is 35.6 Å². The fourth-order valence-corrected chi connectivity index (χ4v) is 4.14. The van der Waals surface area contributed by atoms with Crippen molar-refractivity contribution in [2.24, 2.45) is 0 Å². The summed E-state index contributed by atoms with van der Waals surface area (Å²) >= 11 is 7.74. The number of rotatable bonds is 4. The highest BCUT2D eigenvalue weighted by Gasteiger charge is 2.32. The first-order chi connectivity index (χ1) is 12.0. The van der Waals surface area contributed by atoms with Gasteiger partial charge in [0.25, 0.3) is 5.91 Å². The number of halogens is 1. The maximum absolute atomic E-state index is 13.0. The molecule has 1 aliphatic heterocycles. The van der Waals surface area contributed by atoms with E-state index >= 15 is 0 Å². The van der Waals surface area contributed by atoms with Gasteiger partial charge < -0.3 is 14.4 Å². The zero-order valence-electron chi connectivity index (χ0n) is 13.7. The third-order valence-electron chi connectivity index (χ3n) is 4.22. The Kier molecular flexibility index (Phi) is 5.39. The van der Waals surface area contributed by atoms with E-state index in [2.05, 4.69) is 0 Å². The van der Waals surface area contributed by atoms with Crippen molar-refractivity contribution in [3.63, 3.8) is 0 Å². The predicted octanol–water partition coefficient (Wildman–Crippen LogP) is 4.12. The Bertz CT molecular complexity index is 787. The van der Waals surface area contributed by atoms with Crippen LogP contribution < -0.4 is 0 Å². The molecule has 1 aromatic carbocycles. The number of hydrogen-bond acceptors (Lipinski definition) is 4. The SMILES string of the molecule is CCc1oc(C(=O)N2CCSCC2c2ccc(Cl)cc2)cc1C(=O)O. The minimum absolute atomic E-state index is 0.0558. The maximum atomic E-state index is 13.0. The molecule has 1 atom stereocenters. The van der Waals surface area contributed by atoms with Crippen LogP contribution >= 0.6 is 23.4 Å². The quantitative estimate of drug-likeness (QED) is 0.865. The monoisotopic (exact) mass is 379 g/mol. The second-order valence-electron chi connectivity index (χ2n) is 5.75. The Hall–Kier alpha value is -1.92. The Morgan fingerprint density at radius 3 is 2.68 bits per heavy atom. The zero-order chi connectivity index (χ0) is 18.0. The van der Waals surface area contributed by atoms with E-state index < -0.39 is 5.97 Å². The molecule has 1 N–H and O–H groups in total. The summed E-state index contributed by atoms with van der Waals surface area (Å²) in [5, 5.41) is 9.91. The van der Waals surface area contributed by atoms with E-state index in [0.717, 1.165) is 17.1 Å². The average molecular weight is 380 g/mol. The number of carbonyl (C=O) groups is 2. The van der Waals surface area contributed by atoms with E-state index in [9.17, 15) is 14.7 Å². The fraction of sp³-hybridized carbons (Fsp3) is 0.333. The summed E-state index contributed by atoms with van der Waals surface area (Å²) in [5.74, 6) is 0.666. The van der Waals surface area contributed by atoms with E-state index in [1.807, 2.05) is 24.3 Å². The van der Waals surface area contributed by atoms with Crippen LogP contribution in [0.3, 0.4) is 0 Å². The molecule has 0 spiro atoms. The molecule has 0 bridgehead atoms. The molecular weight excluding hydrogens is 362 g/mol. The number of carboxylic acids is 1. The van der Waals surface area contributed by atoms with E-state index in [0.29, 0.717) is 23.7 Å². The van der Waals surface area contributed by atoms with E-state index in [1.165, 1.54) is 6.07 Å². The summed E-state index contributed by atoms with van der Waals surface area (Å²) in [6, 6.07) is 8.70. The van der Waals surface area contributed by atoms with Gasteiger partial charge in [-0.05, 0) is 17.7 Å². The topological polar surface area (TPSA) is 70.8 Å². The van der Waals surface area contributed by atoms with Crippen LogP contribution in [0, 0.1) is 0 Å². The number of carbonyl (C=O) groups excluding carboxylic acids is 1. The van der Waals surface area contributed by atoms with Crippen molar-refractivity contribution in [1.82, 2.24) is 4.90 Å². The molecular formula is C18H18ClNO4S. The predicted molar refractivity (Wildman–Crippen MR) is 97.6 cm³/mol. The van der Waals surface area contributed by atoms with Crippen molar-refractivity contribution < 1.29 is 19.1 Å². The second-order valence-corrected chi connectivity index (χ2v) is 7.33. The Labute approximate surface area is 155 Å². The zero-order valence-corrected chi connectivity index (χ0v) is 15.3. The van der Waals surface area contributed by atoms with Crippen molar-refractivity contribution in [3.05, 3.63) is 58.0 Å². The Morgan fingerprint density at radius 1 is 1.36 bits per heavy atom. The summed E-state index contributed by atoms with van der Waals surface area (Å²) in [5.41, 5.74) is 1.06. The molecule has 3 rings (SSSR count). The van der Waals surface area contributed by atoms with E-state index in [-0.39, 0.29) is 23.3 Å². The van der Waals surface area contributed by atoms with Gasteiger partial charge in [0.05, 0.1) is 6.04 Å². The molecule has 5 nitrogen and oxygen atoms in total. The lowest BCUT2D eigenvalue weighted by atomic mass is 10.1. The minimum Gasteiger partial charge on any atom is -0.478 e. The van der Waals surface area contributed by atoms with Crippen LogP contribution in [0.2, 0.25) is 5.02 Å². The number of aromatic carboxylic acids is 1. The molecule has 2 aromatic rings. The largest absolute Gasteiger partial charge is 0.478 e. The normalized spacial score (nSPS) is 17.5. The lowest BCUT2D eigenvalue weighted by Crippen LogP contribution is -2.40. The molecule has 25 heavy (non-hydrogen) atoms. The summed E-state index contributed by atoms with van der Waals surface area (Å²) in [4.78, 5) is 26.0. The molecule has 0 saturated carbocycles. The smallest absolute Gasteiger partial charge is 0.339 e. The number of furan rings is 1. The van der Waals surface area contributed by atoms with Crippen molar-refractivity contribution >= 4 is 35.2 Å². The first kappa shape index (κ1) is 17.9. The van der Waals surface area contributed by atoms with E-state index in [4.69, 9.17) is 16.0 Å². The van der Waals surface area contributed by atoms with Crippen LogP contribution in [-0.2, 0) is 6.42 Å². The lowest BCUT2D eigenvalue weighted by Gasteiger charge is -2.35. The molecule has 1 unspecified atom stereocenters. The lowest BCUT2D eigenvalue weighted by molar-refractivity contribution is 0.0663. The summed E-state index contributed by atoms with van der Waals surface area (Å²) < 4.78 is 5.54. The van der Waals surface area contributed by atoms with Gasteiger partial charge in [0.15, 0.2) is 5.76 Å². The minimum atomic E-state index is -1.08. The summed E-state index contributed by atoms with van der Waals surface area (Å²) in [7, 11) is 0. The third kappa shape index (κ3) is 3.70. The van der Waals surface area contributed by atoms with Crippen molar-refractivity contribution in [3.8, 4) is 0 Å². The van der Waals surface area contributed by atoms with Crippen molar-refractivity contribution in [2.75, 3.05) is 18.1 Å². The second kappa shape index (κ2) is 7.54. The molecule has 1 saturated heterocycles. The highest BCUT2D eigenvalue weighted by Crippen LogP contribution is 2.32. The van der Waals surface area contributed by atoms with Gasteiger partial charge in [-0.2, -0.15) is 11.8 Å². The average Bonchev–Trinajstić information content (AvgIpc) is 3.06. The molecule has 1 aromatic heterocycles. The molecule has 0 aliphatic carbocycles. The number of carboxylic acid groups (broad SMARTS) is 1. The first-order valence-corrected chi connectivity index (χ1v) is 9.54. The molecule has 1 aliphatic rings. The summed E-state index contributed by atoms with van der Waals surface area (Å²) in [6.45, 7) is 2.38. The van der Waals surface area contributed by atoms with Gasteiger partial charge in [0.1, 0.15) is 11.3 Å². The number of nitrogens with zero attached hydrogens (tertiary/aromatic N) is 1. The molecule has 0 radical (unpaired) electrons.